The highest BCUT2D eigenvalue weighted by Crippen LogP contribution is 2.29. The first-order valence-corrected chi connectivity index (χ1v) is 10.3. The van der Waals surface area contributed by atoms with E-state index in [-0.39, 0.29) is 17.4 Å². The molecule has 3 aromatic rings. The molecule has 1 aromatic heterocycles. The van der Waals surface area contributed by atoms with Crippen LogP contribution in [0, 0.1) is 6.92 Å². The van der Waals surface area contributed by atoms with E-state index in [1.54, 1.807) is 18.2 Å². The van der Waals surface area contributed by atoms with E-state index in [1.807, 2.05) is 25.1 Å². The number of fused-ring (bicyclic) bond motifs is 1. The molecule has 0 aliphatic carbocycles. The van der Waals surface area contributed by atoms with Gasteiger partial charge in [0.15, 0.2) is 11.7 Å². The maximum absolute atomic E-state index is 12.2. The molecule has 0 bridgehead atoms. The maximum Gasteiger partial charge on any atom is 0.264 e. The Morgan fingerprint density at radius 1 is 1.22 bits per heavy atom. The van der Waals surface area contributed by atoms with Gasteiger partial charge in [-0.25, -0.2) is 17.7 Å². The van der Waals surface area contributed by atoms with Gasteiger partial charge in [-0.3, -0.25) is 10.1 Å². The van der Waals surface area contributed by atoms with E-state index in [9.17, 15) is 13.2 Å². The van der Waals surface area contributed by atoms with Crippen molar-refractivity contribution in [3.8, 4) is 5.75 Å². The highest BCUT2D eigenvalue weighted by Gasteiger charge is 2.18. The summed E-state index contributed by atoms with van der Waals surface area (Å²) in [7, 11) is -0.564. The molecule has 0 radical (unpaired) electrons. The van der Waals surface area contributed by atoms with Crippen molar-refractivity contribution < 1.29 is 17.9 Å². The lowest BCUT2D eigenvalue weighted by Gasteiger charge is -2.10. The third-order valence-electron chi connectivity index (χ3n) is 3.84. The fraction of sp³-hybridized carbons (Fsp3) is 0.222. The van der Waals surface area contributed by atoms with E-state index in [0.29, 0.717) is 21.1 Å². The molecule has 142 valence electrons. The number of aromatic nitrogens is 1. The van der Waals surface area contributed by atoms with Crippen molar-refractivity contribution in [2.24, 2.45) is 0 Å². The molecule has 1 heterocycles. The Labute approximate surface area is 161 Å². The van der Waals surface area contributed by atoms with Gasteiger partial charge in [0.05, 0.1) is 15.1 Å². The maximum atomic E-state index is 12.2. The standard InChI is InChI=1S/C18H19N3O4S2/c1-12-6-4-5-7-15(12)25-11-17(22)20-18-19-14-9-8-13(10-16(14)26-18)27(23,24)21(2)3/h4-10H,11H2,1-3H3,(H,19,20,22). The van der Waals surface area contributed by atoms with E-state index in [1.165, 1.54) is 31.5 Å². The summed E-state index contributed by atoms with van der Waals surface area (Å²) < 4.78 is 31.8. The van der Waals surface area contributed by atoms with Crippen molar-refractivity contribution in [3.63, 3.8) is 0 Å². The molecule has 0 saturated carbocycles. The lowest BCUT2D eigenvalue weighted by atomic mass is 10.2. The number of benzene rings is 2. The molecule has 3 rings (SSSR count). The number of aryl methyl sites for hydroxylation is 1. The van der Waals surface area contributed by atoms with Gasteiger partial charge in [-0.2, -0.15) is 0 Å². The number of carbonyl (C=O) groups is 1. The van der Waals surface area contributed by atoms with Crippen LogP contribution >= 0.6 is 11.3 Å². The Morgan fingerprint density at radius 2 is 1.96 bits per heavy atom. The number of carbonyl (C=O) groups excluding carboxylic acids is 1. The summed E-state index contributed by atoms with van der Waals surface area (Å²) in [5, 5.41) is 3.08. The number of amides is 1. The Balaban J connectivity index is 1.72. The van der Waals surface area contributed by atoms with E-state index < -0.39 is 10.0 Å². The van der Waals surface area contributed by atoms with E-state index >= 15 is 0 Å². The van der Waals surface area contributed by atoms with Crippen molar-refractivity contribution in [2.75, 3.05) is 26.0 Å². The minimum Gasteiger partial charge on any atom is -0.483 e. The molecule has 0 saturated heterocycles. The second kappa shape index (κ2) is 7.63. The van der Waals surface area contributed by atoms with Crippen molar-refractivity contribution >= 4 is 42.6 Å². The van der Waals surface area contributed by atoms with E-state index in [0.717, 1.165) is 9.87 Å². The van der Waals surface area contributed by atoms with Crippen molar-refractivity contribution in [3.05, 3.63) is 48.0 Å². The monoisotopic (exact) mass is 405 g/mol. The molecule has 0 fully saturated rings. The number of nitrogens with one attached hydrogen (secondary N) is 1. The molecule has 27 heavy (non-hydrogen) atoms. The zero-order valence-electron chi connectivity index (χ0n) is 15.1. The SMILES string of the molecule is Cc1ccccc1OCC(=O)Nc1nc2ccc(S(=O)(=O)N(C)C)cc2s1. The fourth-order valence-electron chi connectivity index (χ4n) is 2.35. The van der Waals surface area contributed by atoms with E-state index in [4.69, 9.17) is 4.74 Å². The van der Waals surface area contributed by atoms with Gasteiger partial charge in [-0.15, -0.1) is 0 Å². The van der Waals surface area contributed by atoms with Gasteiger partial charge in [0, 0.05) is 14.1 Å². The van der Waals surface area contributed by atoms with Crippen LogP contribution in [0.25, 0.3) is 10.2 Å². The summed E-state index contributed by atoms with van der Waals surface area (Å²) in [6, 6.07) is 12.1. The van der Waals surface area contributed by atoms with Crippen molar-refractivity contribution in [2.45, 2.75) is 11.8 Å². The van der Waals surface area contributed by atoms with Gasteiger partial charge in [-0.1, -0.05) is 29.5 Å². The first-order valence-electron chi connectivity index (χ1n) is 8.09. The van der Waals surface area contributed by atoms with Crippen LogP contribution in [0.5, 0.6) is 5.75 Å². The Morgan fingerprint density at radius 3 is 2.67 bits per heavy atom. The molecule has 2 aromatic carbocycles. The first kappa shape index (κ1) is 19.3. The second-order valence-electron chi connectivity index (χ2n) is 6.04. The van der Waals surface area contributed by atoms with Crippen molar-refractivity contribution in [1.29, 1.82) is 0 Å². The quantitative estimate of drug-likeness (QED) is 0.681. The molecule has 0 aliphatic heterocycles. The number of nitrogens with zero attached hydrogens (tertiary/aromatic N) is 2. The summed E-state index contributed by atoms with van der Waals surface area (Å²) in [6.45, 7) is 1.77. The van der Waals surface area contributed by atoms with Crippen LogP contribution < -0.4 is 10.1 Å². The Hall–Kier alpha value is -2.49. The summed E-state index contributed by atoms with van der Waals surface area (Å²) in [4.78, 5) is 16.6. The number of anilines is 1. The summed E-state index contributed by atoms with van der Waals surface area (Å²) in [6.07, 6.45) is 0. The number of hydrogen-bond acceptors (Lipinski definition) is 6. The Kier molecular flexibility index (Phi) is 5.45. The van der Waals surface area contributed by atoms with Gasteiger partial charge in [0.25, 0.3) is 5.91 Å². The minimum absolute atomic E-state index is 0.138. The predicted molar refractivity (Wildman–Crippen MR) is 106 cm³/mol. The summed E-state index contributed by atoms with van der Waals surface area (Å²) in [5.74, 6) is 0.314. The summed E-state index contributed by atoms with van der Waals surface area (Å²) in [5.41, 5.74) is 1.56. The minimum atomic E-state index is -3.52. The third-order valence-corrected chi connectivity index (χ3v) is 6.58. The largest absolute Gasteiger partial charge is 0.483 e. The number of sulfonamides is 1. The lowest BCUT2D eigenvalue weighted by molar-refractivity contribution is -0.118. The Bertz CT molecular complexity index is 1090. The molecular weight excluding hydrogens is 386 g/mol. The molecule has 1 N–H and O–H groups in total. The van der Waals surface area contributed by atoms with Crippen LogP contribution in [0.1, 0.15) is 5.56 Å². The van der Waals surface area contributed by atoms with Gasteiger partial charge >= 0.3 is 0 Å². The number of para-hydroxylation sites is 1. The number of hydrogen-bond donors (Lipinski definition) is 1. The van der Waals surface area contributed by atoms with Gasteiger partial charge < -0.3 is 4.74 Å². The van der Waals surface area contributed by atoms with Crippen LogP contribution in [-0.4, -0.2) is 44.3 Å². The average molecular weight is 406 g/mol. The summed E-state index contributed by atoms with van der Waals surface area (Å²) >= 11 is 1.21. The molecular formula is C18H19N3O4S2. The number of rotatable bonds is 6. The normalized spacial score (nSPS) is 11.7. The molecule has 0 atom stereocenters. The first-order chi connectivity index (χ1) is 12.8. The highest BCUT2D eigenvalue weighted by molar-refractivity contribution is 7.89. The lowest BCUT2D eigenvalue weighted by Crippen LogP contribution is -2.22. The number of thiazole rings is 1. The van der Waals surface area contributed by atoms with Gasteiger partial charge in [0.2, 0.25) is 10.0 Å². The van der Waals surface area contributed by atoms with Crippen LogP contribution in [0.3, 0.4) is 0 Å². The van der Waals surface area contributed by atoms with Crippen molar-refractivity contribution in [1.82, 2.24) is 9.29 Å². The molecule has 0 spiro atoms. The van der Waals surface area contributed by atoms with Crippen LogP contribution in [0.2, 0.25) is 0 Å². The smallest absolute Gasteiger partial charge is 0.264 e. The second-order valence-corrected chi connectivity index (χ2v) is 9.22. The number of ether oxygens (including phenoxy) is 1. The molecule has 7 nitrogen and oxygen atoms in total. The zero-order chi connectivity index (χ0) is 19.6. The topological polar surface area (TPSA) is 88.6 Å². The van der Waals surface area contributed by atoms with Gasteiger partial charge in [0.1, 0.15) is 5.75 Å². The average Bonchev–Trinajstić information content (AvgIpc) is 3.02. The van der Waals surface area contributed by atoms with Crippen LogP contribution in [-0.2, 0) is 14.8 Å². The van der Waals surface area contributed by atoms with E-state index in [2.05, 4.69) is 10.3 Å². The van der Waals surface area contributed by atoms with Crippen LogP contribution in [0.15, 0.2) is 47.4 Å². The third kappa shape index (κ3) is 4.26. The fourth-order valence-corrected chi connectivity index (χ4v) is 4.27. The molecule has 0 unspecified atom stereocenters. The van der Waals surface area contributed by atoms with Gasteiger partial charge in [-0.05, 0) is 36.8 Å². The molecule has 0 aliphatic rings. The molecule has 9 heteroatoms. The zero-order valence-corrected chi connectivity index (χ0v) is 16.7. The predicted octanol–water partition coefficient (Wildman–Crippen LogP) is 2.87. The molecule has 1 amide bonds. The highest BCUT2D eigenvalue weighted by atomic mass is 32.2. The van der Waals surface area contributed by atoms with Crippen LogP contribution in [0.4, 0.5) is 5.13 Å².